The van der Waals surface area contributed by atoms with E-state index in [1.807, 2.05) is 26.8 Å². The summed E-state index contributed by atoms with van der Waals surface area (Å²) in [7, 11) is -2.43. The van der Waals surface area contributed by atoms with Crippen LogP contribution in [0.3, 0.4) is 0 Å². The van der Waals surface area contributed by atoms with Gasteiger partial charge in [0.15, 0.2) is 0 Å². The molecule has 32 heavy (non-hydrogen) atoms. The quantitative estimate of drug-likeness (QED) is 0.456. The van der Waals surface area contributed by atoms with Gasteiger partial charge in [-0.15, -0.1) is 0 Å². The van der Waals surface area contributed by atoms with Gasteiger partial charge in [0.25, 0.3) is 0 Å². The average molecular weight is 459 g/mol. The summed E-state index contributed by atoms with van der Waals surface area (Å²) < 4.78 is 34.7. The third-order valence-corrected chi connectivity index (χ3v) is 7.26. The molecule has 9 heteroatoms. The van der Waals surface area contributed by atoms with Gasteiger partial charge in [0.1, 0.15) is 17.4 Å². The number of sulfonamides is 1. The van der Waals surface area contributed by atoms with Crippen LogP contribution in [0.5, 0.6) is 0 Å². The van der Waals surface area contributed by atoms with E-state index in [1.165, 1.54) is 7.05 Å². The third-order valence-electron chi connectivity index (χ3n) is 5.37. The second kappa shape index (κ2) is 9.79. The second-order valence-electron chi connectivity index (χ2n) is 8.17. The number of carbonyl (C=O) groups is 1. The first-order chi connectivity index (χ1) is 15.1. The topological polar surface area (TPSA) is 94.4 Å². The molecule has 0 fully saturated rings. The lowest BCUT2D eigenvalue weighted by Crippen LogP contribution is -2.44. The number of imidazole rings is 1. The van der Waals surface area contributed by atoms with Crippen molar-refractivity contribution < 1.29 is 17.9 Å². The van der Waals surface area contributed by atoms with E-state index >= 15 is 0 Å². The molecule has 0 amide bonds. The number of aryl methyl sites for hydroxylation is 1. The predicted octanol–water partition coefficient (Wildman–Crippen LogP) is 3.39. The number of carbonyl (C=O) groups excluding carboxylic acids is 1. The van der Waals surface area contributed by atoms with E-state index < -0.39 is 22.0 Å². The van der Waals surface area contributed by atoms with Crippen LogP contribution in [0.25, 0.3) is 11.0 Å². The molecule has 3 aromatic rings. The molecule has 0 spiro atoms. The molecule has 1 aromatic carbocycles. The van der Waals surface area contributed by atoms with Crippen LogP contribution in [-0.2, 0) is 26.1 Å². The van der Waals surface area contributed by atoms with E-state index in [2.05, 4.69) is 14.5 Å². The molecule has 0 aliphatic carbocycles. The fourth-order valence-electron chi connectivity index (χ4n) is 3.66. The van der Waals surface area contributed by atoms with Crippen molar-refractivity contribution >= 4 is 27.0 Å². The lowest BCUT2D eigenvalue weighted by Gasteiger charge is -2.27. The molecular weight excluding hydrogens is 428 g/mol. The van der Waals surface area contributed by atoms with Crippen molar-refractivity contribution in [3.8, 4) is 0 Å². The van der Waals surface area contributed by atoms with Gasteiger partial charge in [-0.05, 0) is 49.9 Å². The highest BCUT2D eigenvalue weighted by Crippen LogP contribution is 2.23. The van der Waals surface area contributed by atoms with Crippen LogP contribution >= 0.6 is 0 Å². The van der Waals surface area contributed by atoms with E-state index in [4.69, 9.17) is 4.74 Å². The summed E-state index contributed by atoms with van der Waals surface area (Å²) in [6.07, 6.45) is 3.83. The Bertz CT molecular complexity index is 1190. The summed E-state index contributed by atoms with van der Waals surface area (Å²) in [4.78, 5) is 21.2. The molecule has 0 N–H and O–H groups in total. The average Bonchev–Trinajstić information content (AvgIpc) is 3.07. The summed E-state index contributed by atoms with van der Waals surface area (Å²) in [5, 5.41) is 0. The van der Waals surface area contributed by atoms with Crippen molar-refractivity contribution in [1.82, 2.24) is 18.8 Å². The summed E-state index contributed by atoms with van der Waals surface area (Å²) in [6.45, 7) is 8.28. The summed E-state index contributed by atoms with van der Waals surface area (Å²) in [5.41, 5.74) is 2.73. The number of hydrogen-bond acceptors (Lipinski definition) is 6. The minimum atomic E-state index is -3.86. The molecule has 0 radical (unpaired) electrons. The molecule has 0 aliphatic heterocycles. The van der Waals surface area contributed by atoms with Crippen molar-refractivity contribution in [2.45, 2.75) is 51.6 Å². The normalized spacial score (nSPS) is 13.1. The van der Waals surface area contributed by atoms with Gasteiger partial charge in [-0.2, -0.15) is 4.31 Å². The molecule has 3 rings (SSSR count). The summed E-state index contributed by atoms with van der Waals surface area (Å²) >= 11 is 0. The molecule has 0 saturated heterocycles. The van der Waals surface area contributed by atoms with Gasteiger partial charge in [0.05, 0.1) is 23.2 Å². The zero-order chi connectivity index (χ0) is 23.5. The van der Waals surface area contributed by atoms with Gasteiger partial charge in [-0.3, -0.25) is 9.78 Å². The van der Waals surface area contributed by atoms with Crippen LogP contribution in [0.1, 0.15) is 38.6 Å². The molecule has 8 nitrogen and oxygen atoms in total. The predicted molar refractivity (Wildman–Crippen MR) is 123 cm³/mol. The van der Waals surface area contributed by atoms with Gasteiger partial charge in [0.2, 0.25) is 10.0 Å². The monoisotopic (exact) mass is 458 g/mol. The maximum absolute atomic E-state index is 13.2. The number of nitrogens with zero attached hydrogens (tertiary/aromatic N) is 4. The SMILES string of the molecule is CCOC(=O)C(CC(C)C)N(C)S(=O)(=O)c1ccc(Cn2c(C)nc3cnccc32)cc1. The molecule has 1 unspecified atom stereocenters. The zero-order valence-electron chi connectivity index (χ0n) is 19.1. The van der Waals surface area contributed by atoms with Crippen molar-refractivity contribution in [1.29, 1.82) is 0 Å². The zero-order valence-corrected chi connectivity index (χ0v) is 20.0. The van der Waals surface area contributed by atoms with Crippen LogP contribution in [0.15, 0.2) is 47.6 Å². The number of likely N-dealkylation sites (N-methyl/N-ethyl adjacent to an activating group) is 1. The largest absolute Gasteiger partial charge is 0.465 e. The fraction of sp³-hybridized carbons (Fsp3) is 0.435. The standard InChI is InChI=1S/C23H30N4O4S/c1-6-31-23(28)22(13-16(2)3)26(5)32(29,30)19-9-7-18(8-10-19)15-27-17(4)25-20-14-24-12-11-21(20)27/h7-12,14,16,22H,6,13,15H2,1-5H3. The molecule has 0 saturated carbocycles. The number of rotatable bonds is 9. The Morgan fingerprint density at radius 3 is 2.50 bits per heavy atom. The first-order valence-electron chi connectivity index (χ1n) is 10.7. The van der Waals surface area contributed by atoms with Crippen LogP contribution in [-0.4, -0.2) is 52.9 Å². The van der Waals surface area contributed by atoms with E-state index in [-0.39, 0.29) is 17.4 Å². The highest BCUT2D eigenvalue weighted by molar-refractivity contribution is 7.89. The van der Waals surface area contributed by atoms with Gasteiger partial charge in [0, 0.05) is 19.8 Å². The Kier molecular flexibility index (Phi) is 7.30. The van der Waals surface area contributed by atoms with Crippen molar-refractivity contribution in [3.63, 3.8) is 0 Å². The summed E-state index contributed by atoms with van der Waals surface area (Å²) in [6, 6.07) is 7.77. The van der Waals surface area contributed by atoms with Gasteiger partial charge >= 0.3 is 5.97 Å². The smallest absolute Gasteiger partial charge is 0.324 e. The Morgan fingerprint density at radius 2 is 1.88 bits per heavy atom. The highest BCUT2D eigenvalue weighted by atomic mass is 32.2. The number of ether oxygens (including phenoxy) is 1. The minimum absolute atomic E-state index is 0.132. The number of benzene rings is 1. The number of hydrogen-bond donors (Lipinski definition) is 0. The number of fused-ring (bicyclic) bond motifs is 1. The van der Waals surface area contributed by atoms with Crippen LogP contribution in [0, 0.1) is 12.8 Å². The van der Waals surface area contributed by atoms with Crippen LogP contribution < -0.4 is 0 Å². The van der Waals surface area contributed by atoms with E-state index in [0.29, 0.717) is 13.0 Å². The molecule has 1 atom stereocenters. The Labute approximate surface area is 189 Å². The van der Waals surface area contributed by atoms with E-state index in [9.17, 15) is 13.2 Å². The lowest BCUT2D eigenvalue weighted by atomic mass is 10.0. The maximum Gasteiger partial charge on any atom is 0.324 e. The van der Waals surface area contributed by atoms with Crippen LogP contribution in [0.2, 0.25) is 0 Å². The Morgan fingerprint density at radius 1 is 1.19 bits per heavy atom. The highest BCUT2D eigenvalue weighted by Gasteiger charge is 2.34. The van der Waals surface area contributed by atoms with Crippen molar-refractivity contribution in [2.75, 3.05) is 13.7 Å². The number of esters is 1. The summed E-state index contributed by atoms with van der Waals surface area (Å²) in [5.74, 6) is 0.462. The van der Waals surface area contributed by atoms with Crippen molar-refractivity contribution in [3.05, 3.63) is 54.1 Å². The van der Waals surface area contributed by atoms with Crippen molar-refractivity contribution in [2.24, 2.45) is 5.92 Å². The Balaban J connectivity index is 1.84. The maximum atomic E-state index is 13.2. The molecule has 0 aliphatic rings. The molecule has 2 heterocycles. The number of aromatic nitrogens is 3. The Hall–Kier alpha value is -2.78. The first-order valence-corrected chi connectivity index (χ1v) is 12.1. The molecule has 172 valence electrons. The second-order valence-corrected chi connectivity index (χ2v) is 10.2. The third kappa shape index (κ3) is 4.99. The first kappa shape index (κ1) is 23.9. The van der Waals surface area contributed by atoms with Gasteiger partial charge in [-0.1, -0.05) is 26.0 Å². The molecule has 0 bridgehead atoms. The van der Waals surface area contributed by atoms with Gasteiger partial charge in [-0.25, -0.2) is 13.4 Å². The number of pyridine rings is 1. The minimum Gasteiger partial charge on any atom is -0.465 e. The fourth-order valence-corrected chi connectivity index (χ4v) is 4.98. The molecule has 2 aromatic heterocycles. The lowest BCUT2D eigenvalue weighted by molar-refractivity contribution is -0.147. The van der Waals surface area contributed by atoms with Gasteiger partial charge < -0.3 is 9.30 Å². The van der Waals surface area contributed by atoms with E-state index in [0.717, 1.165) is 26.7 Å². The van der Waals surface area contributed by atoms with Crippen LogP contribution in [0.4, 0.5) is 0 Å². The molecular formula is C23H30N4O4S. The van der Waals surface area contributed by atoms with E-state index in [1.54, 1.807) is 43.6 Å².